The van der Waals surface area contributed by atoms with Gasteiger partial charge in [-0.05, 0) is 70.6 Å². The second-order valence-electron chi connectivity index (χ2n) is 20.7. The van der Waals surface area contributed by atoms with E-state index in [2.05, 4.69) is 74.7 Å². The Bertz CT molecular complexity index is 1420. The van der Waals surface area contributed by atoms with Gasteiger partial charge in [0.05, 0.1) is 25.4 Å². The minimum Gasteiger partial charge on any atom is -0.454 e. The molecular formula is C62H111NO10. The molecule has 0 aliphatic carbocycles. The third-order valence-corrected chi connectivity index (χ3v) is 13.9. The van der Waals surface area contributed by atoms with Crippen LogP contribution >= 0.6 is 0 Å². The number of carbonyl (C=O) groups is 2. The topological polar surface area (TPSA) is 175 Å². The van der Waals surface area contributed by atoms with Crippen LogP contribution in [0.4, 0.5) is 0 Å². The Hall–Kier alpha value is -2.64. The summed E-state index contributed by atoms with van der Waals surface area (Å²) in [6.45, 7) is 5.74. The van der Waals surface area contributed by atoms with E-state index in [-0.39, 0.29) is 19.4 Å². The summed E-state index contributed by atoms with van der Waals surface area (Å²) in [4.78, 5) is 26.5. The van der Waals surface area contributed by atoms with E-state index < -0.39 is 67.4 Å². The second kappa shape index (κ2) is 50.2. The minimum atomic E-state index is -1.62. The third kappa shape index (κ3) is 38.5. The standard InChI is InChI=1S/C62H111NO10/c1-4-7-10-13-16-19-22-25-27-28-29-30-31-34-37-40-43-46-49-55(66)61(70)63-53(54(65)48-45-42-39-36-33-24-21-18-15-12-9-6-3)52-71-62-60(59(69)58(68)56(51-64)72-62)73-57(67)50-47-44-41-38-35-32-26-23-20-17-14-11-8-5-2/h16,19,25,27,29-30,34,37,45,48,53-56,58-60,62,64-66,68-69H,4-15,17-18,20-24,26,28,31-33,35-36,38-44,46-47,49-52H2,1-3H3,(H,63,70)/b19-16-,27-25-,30-29-,37-34-,48-45+. The van der Waals surface area contributed by atoms with Crippen molar-refractivity contribution in [3.8, 4) is 0 Å². The number of hydrogen-bond donors (Lipinski definition) is 6. The zero-order valence-electron chi connectivity index (χ0n) is 46.7. The largest absolute Gasteiger partial charge is 0.454 e. The van der Waals surface area contributed by atoms with Crippen LogP contribution in [-0.4, -0.2) is 99.6 Å². The van der Waals surface area contributed by atoms with Gasteiger partial charge in [0.2, 0.25) is 5.91 Å². The number of hydrogen-bond acceptors (Lipinski definition) is 10. The lowest BCUT2D eigenvalue weighted by atomic mass is 9.99. The summed E-state index contributed by atoms with van der Waals surface area (Å²) in [7, 11) is 0. The van der Waals surface area contributed by atoms with E-state index in [4.69, 9.17) is 14.2 Å². The fraction of sp³-hybridized carbons (Fsp3) is 0.806. The molecule has 73 heavy (non-hydrogen) atoms. The van der Waals surface area contributed by atoms with Crippen molar-refractivity contribution in [2.75, 3.05) is 13.2 Å². The van der Waals surface area contributed by atoms with Crippen LogP contribution in [0, 0.1) is 0 Å². The molecule has 0 saturated carbocycles. The van der Waals surface area contributed by atoms with Gasteiger partial charge in [0.1, 0.15) is 24.4 Å². The van der Waals surface area contributed by atoms with Crippen LogP contribution in [0.15, 0.2) is 60.8 Å². The highest BCUT2D eigenvalue weighted by Gasteiger charge is 2.47. The highest BCUT2D eigenvalue weighted by molar-refractivity contribution is 5.80. The van der Waals surface area contributed by atoms with Crippen LogP contribution < -0.4 is 5.32 Å². The molecule has 0 radical (unpaired) electrons. The molecule has 1 saturated heterocycles. The lowest BCUT2D eigenvalue weighted by Crippen LogP contribution is -2.61. The lowest BCUT2D eigenvalue weighted by molar-refractivity contribution is -0.305. The average molecular weight is 1030 g/mol. The molecule has 1 aliphatic heterocycles. The molecule has 0 spiro atoms. The predicted octanol–water partition coefficient (Wildman–Crippen LogP) is 13.8. The van der Waals surface area contributed by atoms with Crippen molar-refractivity contribution in [1.29, 1.82) is 0 Å². The monoisotopic (exact) mass is 1030 g/mol. The van der Waals surface area contributed by atoms with Gasteiger partial charge >= 0.3 is 5.97 Å². The fourth-order valence-corrected chi connectivity index (χ4v) is 9.10. The maximum absolute atomic E-state index is 13.4. The summed E-state index contributed by atoms with van der Waals surface area (Å²) in [6.07, 6.45) is 51.1. The Kier molecular flexibility index (Phi) is 47.0. The van der Waals surface area contributed by atoms with E-state index in [1.54, 1.807) is 6.08 Å². The Morgan fingerprint density at radius 1 is 0.534 bits per heavy atom. The predicted molar refractivity (Wildman–Crippen MR) is 301 cm³/mol. The van der Waals surface area contributed by atoms with E-state index in [1.165, 1.54) is 135 Å². The number of esters is 1. The maximum Gasteiger partial charge on any atom is 0.306 e. The van der Waals surface area contributed by atoms with Crippen molar-refractivity contribution in [2.45, 2.75) is 307 Å². The third-order valence-electron chi connectivity index (χ3n) is 13.9. The van der Waals surface area contributed by atoms with Gasteiger partial charge in [0.25, 0.3) is 0 Å². The average Bonchev–Trinajstić information content (AvgIpc) is 3.39. The quantitative estimate of drug-likeness (QED) is 0.0195. The molecule has 0 aromatic carbocycles. The number of unbranched alkanes of at least 4 members (excludes halogenated alkanes) is 28. The molecule has 1 heterocycles. The summed E-state index contributed by atoms with van der Waals surface area (Å²) >= 11 is 0. The molecule has 424 valence electrons. The Labute approximate surface area is 446 Å². The molecule has 0 bridgehead atoms. The van der Waals surface area contributed by atoms with E-state index in [0.717, 1.165) is 77.0 Å². The smallest absolute Gasteiger partial charge is 0.306 e. The normalized spacial score (nSPS) is 19.8. The summed E-state index contributed by atoms with van der Waals surface area (Å²) < 4.78 is 17.6. The number of nitrogens with one attached hydrogen (secondary N) is 1. The highest BCUT2D eigenvalue weighted by atomic mass is 16.7. The maximum atomic E-state index is 13.4. The summed E-state index contributed by atoms with van der Waals surface area (Å²) in [5.74, 6) is -1.22. The SMILES string of the molecule is CCCCC/C=C\C/C=C\C/C=C\C/C=C\CCCCC(O)C(=O)NC(COC1OC(CO)C(O)C(O)C1OC(=O)CCCCCCCCCCCCCCCC)C(O)/C=C/CCCCCCCCCCCC. The summed E-state index contributed by atoms with van der Waals surface area (Å²) in [6, 6.07) is -1.04. The molecule has 1 rings (SSSR count). The molecule has 11 nitrogen and oxygen atoms in total. The number of ether oxygens (including phenoxy) is 3. The number of amides is 1. The van der Waals surface area contributed by atoms with Crippen molar-refractivity contribution in [3.63, 3.8) is 0 Å². The van der Waals surface area contributed by atoms with Gasteiger partial charge < -0.3 is 45.1 Å². The first kappa shape index (κ1) is 68.4. The molecule has 8 unspecified atom stereocenters. The van der Waals surface area contributed by atoms with Crippen molar-refractivity contribution in [2.24, 2.45) is 0 Å². The minimum absolute atomic E-state index is 0.121. The van der Waals surface area contributed by atoms with E-state index in [9.17, 15) is 35.1 Å². The van der Waals surface area contributed by atoms with Gasteiger partial charge in [-0.25, -0.2) is 0 Å². The Morgan fingerprint density at radius 3 is 1.44 bits per heavy atom. The van der Waals surface area contributed by atoms with Crippen LogP contribution in [0.3, 0.4) is 0 Å². The number of aliphatic hydroxyl groups is 5. The van der Waals surface area contributed by atoms with Gasteiger partial charge in [-0.15, -0.1) is 0 Å². The molecule has 1 aliphatic rings. The van der Waals surface area contributed by atoms with Crippen molar-refractivity contribution >= 4 is 11.9 Å². The molecule has 6 N–H and O–H groups in total. The molecule has 0 aromatic rings. The molecule has 8 atom stereocenters. The number of aliphatic hydroxyl groups excluding tert-OH is 5. The molecule has 1 fully saturated rings. The zero-order valence-corrected chi connectivity index (χ0v) is 46.7. The van der Waals surface area contributed by atoms with Gasteiger partial charge in [-0.3, -0.25) is 9.59 Å². The molecule has 1 amide bonds. The Morgan fingerprint density at radius 2 is 0.945 bits per heavy atom. The first-order valence-electron chi connectivity index (χ1n) is 30.1. The fourth-order valence-electron chi connectivity index (χ4n) is 9.10. The van der Waals surface area contributed by atoms with Crippen LogP contribution in [0.5, 0.6) is 0 Å². The van der Waals surface area contributed by atoms with E-state index in [0.29, 0.717) is 12.8 Å². The molecular weight excluding hydrogens is 919 g/mol. The number of allylic oxidation sites excluding steroid dienone is 9. The van der Waals surface area contributed by atoms with Crippen LogP contribution in [0.2, 0.25) is 0 Å². The highest BCUT2D eigenvalue weighted by Crippen LogP contribution is 2.26. The van der Waals surface area contributed by atoms with Crippen molar-refractivity contribution < 1.29 is 49.3 Å². The number of carbonyl (C=O) groups excluding carboxylic acids is 2. The Balaban J connectivity index is 2.74. The van der Waals surface area contributed by atoms with Gasteiger partial charge in [0.15, 0.2) is 12.4 Å². The summed E-state index contributed by atoms with van der Waals surface area (Å²) in [5, 5.41) is 56.8. The number of rotatable bonds is 50. The first-order valence-corrected chi connectivity index (χ1v) is 30.1. The molecule has 0 aromatic heterocycles. The first-order chi connectivity index (χ1) is 35.7. The van der Waals surface area contributed by atoms with E-state index in [1.807, 2.05) is 6.08 Å². The van der Waals surface area contributed by atoms with Crippen molar-refractivity contribution in [1.82, 2.24) is 5.32 Å². The second-order valence-corrected chi connectivity index (χ2v) is 20.7. The van der Waals surface area contributed by atoms with Crippen LogP contribution in [0.25, 0.3) is 0 Å². The summed E-state index contributed by atoms with van der Waals surface area (Å²) in [5.41, 5.74) is 0. The van der Waals surface area contributed by atoms with Crippen LogP contribution in [0.1, 0.15) is 258 Å². The van der Waals surface area contributed by atoms with E-state index >= 15 is 0 Å². The zero-order chi connectivity index (χ0) is 53.3. The lowest BCUT2D eigenvalue weighted by Gasteiger charge is -2.41. The molecule has 11 heteroatoms. The van der Waals surface area contributed by atoms with Gasteiger partial charge in [0, 0.05) is 6.42 Å². The van der Waals surface area contributed by atoms with Crippen molar-refractivity contribution in [3.05, 3.63) is 60.8 Å². The van der Waals surface area contributed by atoms with Gasteiger partial charge in [-0.1, -0.05) is 242 Å². The van der Waals surface area contributed by atoms with Gasteiger partial charge in [-0.2, -0.15) is 0 Å². The van der Waals surface area contributed by atoms with Crippen LogP contribution in [-0.2, 0) is 23.8 Å².